The van der Waals surface area contributed by atoms with Gasteiger partial charge >= 0.3 is 0 Å². The molecule has 0 aliphatic carbocycles. The van der Waals surface area contributed by atoms with Crippen molar-refractivity contribution in [1.82, 2.24) is 9.88 Å². The van der Waals surface area contributed by atoms with Crippen LogP contribution in [0, 0.1) is 6.92 Å². The maximum atomic E-state index is 13.2. The van der Waals surface area contributed by atoms with Crippen molar-refractivity contribution in [3.63, 3.8) is 0 Å². The second-order valence-electron chi connectivity index (χ2n) is 6.18. The lowest BCUT2D eigenvalue weighted by Gasteiger charge is -2.47. The Kier molecular flexibility index (Phi) is 3.40. The minimum absolute atomic E-state index is 0.169. The van der Waals surface area contributed by atoms with E-state index in [-0.39, 0.29) is 24.7 Å². The maximum absolute atomic E-state index is 13.2. The lowest BCUT2D eigenvalue weighted by atomic mass is 9.96. The Labute approximate surface area is 148 Å². The topological polar surface area (TPSA) is 82.6 Å². The van der Waals surface area contributed by atoms with Gasteiger partial charge in [-0.15, -0.1) is 11.3 Å². The van der Waals surface area contributed by atoms with E-state index in [1.807, 2.05) is 12.3 Å². The number of carbonyl (C=O) groups excluding carboxylic acids is 3. The molecule has 1 aromatic heterocycles. The number of amides is 3. The highest BCUT2D eigenvalue weighted by atomic mass is 32.1. The van der Waals surface area contributed by atoms with E-state index >= 15 is 0 Å². The van der Waals surface area contributed by atoms with Gasteiger partial charge in [0.05, 0.1) is 16.9 Å². The van der Waals surface area contributed by atoms with Gasteiger partial charge in [-0.1, -0.05) is 12.1 Å². The van der Waals surface area contributed by atoms with E-state index in [4.69, 9.17) is 0 Å². The third kappa shape index (κ3) is 2.10. The highest BCUT2D eigenvalue weighted by Crippen LogP contribution is 2.44. The highest BCUT2D eigenvalue weighted by Gasteiger charge is 2.59. The van der Waals surface area contributed by atoms with Crippen molar-refractivity contribution in [2.24, 2.45) is 0 Å². The van der Waals surface area contributed by atoms with Crippen molar-refractivity contribution in [2.45, 2.75) is 25.4 Å². The van der Waals surface area contributed by atoms with Gasteiger partial charge in [-0.2, -0.15) is 0 Å². The van der Waals surface area contributed by atoms with Crippen LogP contribution in [0.1, 0.15) is 28.9 Å². The number of fused-ring (bicyclic) bond motifs is 3. The van der Waals surface area contributed by atoms with Crippen LogP contribution in [0.15, 0.2) is 29.6 Å². The number of thiazole rings is 1. The molecule has 1 aromatic carbocycles. The van der Waals surface area contributed by atoms with Crippen LogP contribution in [0.2, 0.25) is 0 Å². The average Bonchev–Trinajstić information content (AvgIpc) is 3.17. The molecule has 7 nitrogen and oxygen atoms in total. The molecule has 2 aliphatic rings. The summed E-state index contributed by atoms with van der Waals surface area (Å²) in [5.41, 5.74) is 0.352. The van der Waals surface area contributed by atoms with Crippen molar-refractivity contribution in [3.8, 4) is 0 Å². The van der Waals surface area contributed by atoms with Gasteiger partial charge in [0, 0.05) is 25.3 Å². The van der Waals surface area contributed by atoms with Crippen molar-refractivity contribution < 1.29 is 14.4 Å². The molecule has 3 amide bonds. The number of para-hydroxylation sites is 1. The van der Waals surface area contributed by atoms with Gasteiger partial charge in [0.1, 0.15) is 0 Å². The molecule has 0 spiro atoms. The Hall–Kier alpha value is -2.74. The molecule has 3 heterocycles. The van der Waals surface area contributed by atoms with Crippen LogP contribution >= 0.6 is 11.3 Å². The molecule has 1 N–H and O–H groups in total. The first kappa shape index (κ1) is 15.8. The third-order valence-electron chi connectivity index (χ3n) is 4.74. The predicted molar refractivity (Wildman–Crippen MR) is 93.5 cm³/mol. The Morgan fingerprint density at radius 1 is 1.32 bits per heavy atom. The molecule has 25 heavy (non-hydrogen) atoms. The van der Waals surface area contributed by atoms with E-state index in [1.54, 1.807) is 31.3 Å². The third-order valence-corrected chi connectivity index (χ3v) is 5.62. The summed E-state index contributed by atoms with van der Waals surface area (Å²) in [5, 5.41) is 5.06. The fourth-order valence-corrected chi connectivity index (χ4v) is 4.22. The van der Waals surface area contributed by atoms with Gasteiger partial charge in [0.15, 0.2) is 5.13 Å². The van der Waals surface area contributed by atoms with Gasteiger partial charge in [-0.25, -0.2) is 4.98 Å². The number of nitrogens with zero attached hydrogens (tertiary/aromatic N) is 3. The monoisotopic (exact) mass is 356 g/mol. The minimum Gasteiger partial charge on any atom is -0.310 e. The number of likely N-dealkylation sites (N-methyl/N-ethyl adjacent to an activating group) is 1. The number of aromatic nitrogens is 1. The number of aryl methyl sites for hydroxylation is 1. The second-order valence-corrected chi connectivity index (χ2v) is 7.03. The van der Waals surface area contributed by atoms with Gasteiger partial charge in [0.2, 0.25) is 11.6 Å². The van der Waals surface area contributed by atoms with Crippen molar-refractivity contribution in [2.75, 3.05) is 17.3 Å². The molecule has 2 aliphatic heterocycles. The summed E-state index contributed by atoms with van der Waals surface area (Å²) >= 11 is 1.31. The molecular formula is C17H16N4O3S. The SMILES string of the molecule is Cc1csc(NC(=O)C23CCC(=O)N2c2ccccc2C(=O)N3C)n1. The molecule has 1 fully saturated rings. The number of carbonyl (C=O) groups is 3. The lowest BCUT2D eigenvalue weighted by molar-refractivity contribution is -0.128. The number of hydrogen-bond acceptors (Lipinski definition) is 5. The molecule has 0 bridgehead atoms. The number of benzene rings is 1. The van der Waals surface area contributed by atoms with Crippen LogP contribution in [0.3, 0.4) is 0 Å². The zero-order valence-electron chi connectivity index (χ0n) is 13.8. The first-order valence-electron chi connectivity index (χ1n) is 7.89. The summed E-state index contributed by atoms with van der Waals surface area (Å²) in [4.78, 5) is 45.6. The Morgan fingerprint density at radius 3 is 2.80 bits per heavy atom. The molecule has 1 unspecified atom stereocenters. The molecule has 1 atom stereocenters. The summed E-state index contributed by atoms with van der Waals surface area (Å²) in [6, 6.07) is 6.89. The number of nitrogens with one attached hydrogen (secondary N) is 1. The van der Waals surface area contributed by atoms with Gasteiger partial charge in [-0.05, 0) is 19.1 Å². The van der Waals surface area contributed by atoms with Gasteiger partial charge < -0.3 is 4.90 Å². The molecular weight excluding hydrogens is 340 g/mol. The lowest BCUT2D eigenvalue weighted by Crippen LogP contribution is -2.68. The largest absolute Gasteiger partial charge is 0.310 e. The van der Waals surface area contributed by atoms with Crippen molar-refractivity contribution >= 4 is 39.9 Å². The van der Waals surface area contributed by atoms with Crippen LogP contribution < -0.4 is 10.2 Å². The quantitative estimate of drug-likeness (QED) is 0.892. The Balaban J connectivity index is 1.82. The van der Waals surface area contributed by atoms with Crippen molar-refractivity contribution in [1.29, 1.82) is 0 Å². The number of rotatable bonds is 2. The molecule has 0 saturated carbocycles. The number of anilines is 2. The molecule has 128 valence electrons. The summed E-state index contributed by atoms with van der Waals surface area (Å²) in [6.45, 7) is 1.84. The van der Waals surface area contributed by atoms with Crippen LogP contribution in [0.25, 0.3) is 0 Å². The summed E-state index contributed by atoms with van der Waals surface area (Å²) in [7, 11) is 1.57. The fraction of sp³-hybridized carbons (Fsp3) is 0.294. The predicted octanol–water partition coefficient (Wildman–Crippen LogP) is 2.00. The van der Waals surface area contributed by atoms with Crippen LogP contribution in [0.5, 0.6) is 0 Å². The van der Waals surface area contributed by atoms with Crippen LogP contribution in [-0.2, 0) is 9.59 Å². The Morgan fingerprint density at radius 2 is 2.08 bits per heavy atom. The van der Waals surface area contributed by atoms with Crippen LogP contribution in [-0.4, -0.2) is 40.3 Å². The van der Waals surface area contributed by atoms with Gasteiger partial charge in [0.25, 0.3) is 11.8 Å². The molecule has 1 saturated heterocycles. The normalized spacial score (nSPS) is 22.0. The standard InChI is InChI=1S/C17H16N4O3S/c1-10-9-25-16(18-10)19-15(24)17-8-7-13(22)21(17)12-6-4-3-5-11(12)14(23)20(17)2/h3-6,9H,7-8H2,1-2H3,(H,18,19,24). The fourth-order valence-electron chi connectivity index (χ4n) is 3.54. The first-order chi connectivity index (χ1) is 11.9. The summed E-state index contributed by atoms with van der Waals surface area (Å²) in [5.74, 6) is -0.859. The maximum Gasteiger partial charge on any atom is 0.273 e. The molecule has 2 aromatic rings. The van der Waals surface area contributed by atoms with Gasteiger partial charge in [-0.3, -0.25) is 24.6 Å². The number of hydrogen-bond donors (Lipinski definition) is 1. The van der Waals surface area contributed by atoms with E-state index < -0.39 is 11.6 Å². The van der Waals surface area contributed by atoms with E-state index in [2.05, 4.69) is 10.3 Å². The van der Waals surface area contributed by atoms with E-state index in [0.717, 1.165) is 5.69 Å². The van der Waals surface area contributed by atoms with E-state index in [0.29, 0.717) is 16.4 Å². The van der Waals surface area contributed by atoms with E-state index in [9.17, 15) is 14.4 Å². The molecule has 0 radical (unpaired) electrons. The van der Waals surface area contributed by atoms with Crippen molar-refractivity contribution in [3.05, 3.63) is 40.9 Å². The van der Waals surface area contributed by atoms with E-state index in [1.165, 1.54) is 21.1 Å². The zero-order valence-corrected chi connectivity index (χ0v) is 14.6. The Bertz CT molecular complexity index is 909. The molecule has 4 rings (SSSR count). The van der Waals surface area contributed by atoms with Crippen LogP contribution in [0.4, 0.5) is 10.8 Å². The minimum atomic E-state index is -1.36. The summed E-state index contributed by atoms with van der Waals surface area (Å²) in [6.07, 6.45) is 0.453. The zero-order chi connectivity index (χ0) is 17.8. The highest BCUT2D eigenvalue weighted by molar-refractivity contribution is 7.13. The average molecular weight is 356 g/mol. The second kappa shape index (κ2) is 5.38. The molecule has 8 heteroatoms. The summed E-state index contributed by atoms with van der Waals surface area (Å²) < 4.78 is 0. The first-order valence-corrected chi connectivity index (χ1v) is 8.77. The smallest absolute Gasteiger partial charge is 0.273 e.